The molecule has 0 bridgehead atoms. The Morgan fingerprint density at radius 1 is 1.42 bits per heavy atom. The van der Waals surface area contributed by atoms with E-state index in [9.17, 15) is 0 Å². The fourth-order valence-electron chi connectivity index (χ4n) is 2.17. The van der Waals surface area contributed by atoms with Gasteiger partial charge < -0.3 is 5.32 Å². The van der Waals surface area contributed by atoms with Crippen LogP contribution in [0.5, 0.6) is 0 Å². The second-order valence-electron chi connectivity index (χ2n) is 4.64. The molecule has 1 aromatic carbocycles. The highest BCUT2D eigenvalue weighted by molar-refractivity contribution is 9.10. The molecule has 0 saturated heterocycles. The number of benzene rings is 1. The number of thiazole rings is 1. The van der Waals surface area contributed by atoms with Crippen LogP contribution in [0.4, 0.5) is 0 Å². The monoisotopic (exact) mass is 338 g/mol. The van der Waals surface area contributed by atoms with E-state index in [1.807, 2.05) is 11.6 Å². The van der Waals surface area contributed by atoms with Crippen molar-refractivity contribution in [3.63, 3.8) is 0 Å². The Balaban J connectivity index is 2.20. The van der Waals surface area contributed by atoms with E-state index < -0.39 is 0 Å². The Morgan fingerprint density at radius 2 is 2.26 bits per heavy atom. The molecule has 0 saturated carbocycles. The van der Waals surface area contributed by atoms with Crippen LogP contribution in [0, 0.1) is 6.92 Å². The van der Waals surface area contributed by atoms with E-state index in [1.54, 1.807) is 11.3 Å². The molecule has 2 nitrogen and oxygen atoms in total. The average molecular weight is 339 g/mol. The summed E-state index contributed by atoms with van der Waals surface area (Å²) < 4.78 is 1.14. The number of hydrogen-bond acceptors (Lipinski definition) is 3. The lowest BCUT2D eigenvalue weighted by molar-refractivity contribution is 0.526. The summed E-state index contributed by atoms with van der Waals surface area (Å²) >= 11 is 5.26. The Kier molecular flexibility index (Phi) is 5.55. The molecule has 2 rings (SSSR count). The molecule has 4 heteroatoms. The Morgan fingerprint density at radius 3 is 2.89 bits per heavy atom. The van der Waals surface area contributed by atoms with Crippen LogP contribution < -0.4 is 5.32 Å². The molecule has 0 fully saturated rings. The van der Waals surface area contributed by atoms with Gasteiger partial charge >= 0.3 is 0 Å². The van der Waals surface area contributed by atoms with Gasteiger partial charge in [0.05, 0.1) is 5.01 Å². The molecule has 0 amide bonds. The van der Waals surface area contributed by atoms with Crippen molar-refractivity contribution in [1.29, 1.82) is 0 Å². The summed E-state index contributed by atoms with van der Waals surface area (Å²) in [6.07, 6.45) is 3.98. The maximum Gasteiger partial charge on any atom is 0.0943 e. The summed E-state index contributed by atoms with van der Waals surface area (Å²) in [5.74, 6) is 0. The highest BCUT2D eigenvalue weighted by Crippen LogP contribution is 2.25. The first-order valence-corrected chi connectivity index (χ1v) is 8.25. The molecule has 1 atom stereocenters. The fourth-order valence-corrected chi connectivity index (χ4v) is 3.31. The number of aryl methyl sites for hydroxylation is 1. The van der Waals surface area contributed by atoms with Crippen LogP contribution in [0.1, 0.15) is 35.5 Å². The second-order valence-corrected chi connectivity index (χ2v) is 6.53. The molecule has 0 aliphatic heterocycles. The summed E-state index contributed by atoms with van der Waals surface area (Å²) in [7, 11) is 0. The van der Waals surface area contributed by atoms with E-state index in [4.69, 9.17) is 0 Å². The van der Waals surface area contributed by atoms with E-state index >= 15 is 0 Å². The van der Waals surface area contributed by atoms with Gasteiger partial charge in [-0.15, -0.1) is 11.3 Å². The van der Waals surface area contributed by atoms with E-state index in [1.165, 1.54) is 16.1 Å². The lowest BCUT2D eigenvalue weighted by Crippen LogP contribution is -2.24. The summed E-state index contributed by atoms with van der Waals surface area (Å²) in [6, 6.07) is 6.85. The van der Waals surface area contributed by atoms with Crippen LogP contribution >= 0.6 is 27.3 Å². The first-order chi connectivity index (χ1) is 9.20. The van der Waals surface area contributed by atoms with Crippen LogP contribution in [-0.2, 0) is 6.42 Å². The van der Waals surface area contributed by atoms with Crippen molar-refractivity contribution in [3.05, 3.63) is 50.4 Å². The molecular weight excluding hydrogens is 320 g/mol. The average Bonchev–Trinajstić information content (AvgIpc) is 2.88. The lowest BCUT2D eigenvalue weighted by Gasteiger charge is -2.20. The van der Waals surface area contributed by atoms with Gasteiger partial charge in [0.1, 0.15) is 0 Å². The van der Waals surface area contributed by atoms with Crippen LogP contribution in [-0.4, -0.2) is 11.5 Å². The summed E-state index contributed by atoms with van der Waals surface area (Å²) in [5.41, 5.74) is 2.69. The van der Waals surface area contributed by atoms with Crippen molar-refractivity contribution < 1.29 is 0 Å². The van der Waals surface area contributed by atoms with Crippen molar-refractivity contribution >= 4 is 27.3 Å². The zero-order valence-electron chi connectivity index (χ0n) is 11.3. The Labute approximate surface area is 127 Å². The highest BCUT2D eigenvalue weighted by Gasteiger charge is 2.15. The Hall–Kier alpha value is -0.710. The molecular formula is C15H19BrN2S. The zero-order valence-corrected chi connectivity index (χ0v) is 13.7. The zero-order chi connectivity index (χ0) is 13.7. The van der Waals surface area contributed by atoms with Gasteiger partial charge in [0.2, 0.25) is 0 Å². The number of aromatic nitrogens is 1. The summed E-state index contributed by atoms with van der Waals surface area (Å²) in [4.78, 5) is 4.41. The predicted molar refractivity (Wildman–Crippen MR) is 85.7 cm³/mol. The lowest BCUT2D eigenvalue weighted by atomic mass is 9.99. The number of rotatable bonds is 6. The van der Waals surface area contributed by atoms with Crippen molar-refractivity contribution in [1.82, 2.24) is 10.3 Å². The SMILES string of the molecule is CCCNC(Cc1nccs1)c1ccc(Br)cc1C. The van der Waals surface area contributed by atoms with Gasteiger partial charge in [-0.2, -0.15) is 0 Å². The van der Waals surface area contributed by atoms with E-state index in [0.717, 1.165) is 23.9 Å². The second kappa shape index (κ2) is 7.17. The number of nitrogens with one attached hydrogen (secondary N) is 1. The minimum atomic E-state index is 0.346. The number of halogens is 1. The molecule has 0 spiro atoms. The van der Waals surface area contributed by atoms with Crippen LogP contribution in [0.25, 0.3) is 0 Å². The number of hydrogen-bond donors (Lipinski definition) is 1. The van der Waals surface area contributed by atoms with Crippen LogP contribution in [0.2, 0.25) is 0 Å². The van der Waals surface area contributed by atoms with E-state index in [2.05, 4.69) is 58.3 Å². The van der Waals surface area contributed by atoms with Gasteiger partial charge in [-0.25, -0.2) is 4.98 Å². The molecule has 0 aliphatic carbocycles. The van der Waals surface area contributed by atoms with E-state index in [-0.39, 0.29) is 0 Å². The third kappa shape index (κ3) is 4.13. The highest BCUT2D eigenvalue weighted by atomic mass is 79.9. The van der Waals surface area contributed by atoms with Crippen molar-refractivity contribution in [2.75, 3.05) is 6.54 Å². The molecule has 0 radical (unpaired) electrons. The standard InChI is InChI=1S/C15H19BrN2S/c1-3-6-17-14(10-15-18-7-8-19-15)13-5-4-12(16)9-11(13)2/h4-5,7-9,14,17H,3,6,10H2,1-2H3. The quantitative estimate of drug-likeness (QED) is 0.838. The van der Waals surface area contributed by atoms with E-state index in [0.29, 0.717) is 6.04 Å². The van der Waals surface area contributed by atoms with Crippen molar-refractivity contribution in [2.45, 2.75) is 32.7 Å². The minimum absolute atomic E-state index is 0.346. The van der Waals surface area contributed by atoms with Gasteiger partial charge in [0, 0.05) is 28.5 Å². The largest absolute Gasteiger partial charge is 0.310 e. The molecule has 102 valence electrons. The molecule has 1 N–H and O–H groups in total. The molecule has 1 heterocycles. The first kappa shape index (κ1) is 14.7. The maximum absolute atomic E-state index is 4.41. The summed E-state index contributed by atoms with van der Waals surface area (Å²) in [6.45, 7) is 5.40. The molecule has 1 aromatic heterocycles. The van der Waals surface area contributed by atoms with Crippen LogP contribution in [0.3, 0.4) is 0 Å². The molecule has 1 unspecified atom stereocenters. The maximum atomic E-state index is 4.41. The van der Waals surface area contributed by atoms with Gasteiger partial charge in [-0.05, 0) is 43.1 Å². The fraction of sp³-hybridized carbons (Fsp3) is 0.400. The third-order valence-electron chi connectivity index (χ3n) is 3.11. The van der Waals surface area contributed by atoms with Gasteiger partial charge in [-0.1, -0.05) is 28.9 Å². The first-order valence-electron chi connectivity index (χ1n) is 6.58. The Bertz CT molecular complexity index is 511. The molecule has 0 aliphatic rings. The normalized spacial score (nSPS) is 12.6. The number of nitrogens with zero attached hydrogens (tertiary/aromatic N) is 1. The summed E-state index contributed by atoms with van der Waals surface area (Å²) in [5, 5.41) is 6.87. The van der Waals surface area contributed by atoms with Crippen LogP contribution in [0.15, 0.2) is 34.2 Å². The molecule has 19 heavy (non-hydrogen) atoms. The van der Waals surface area contributed by atoms with Gasteiger partial charge in [0.25, 0.3) is 0 Å². The topological polar surface area (TPSA) is 24.9 Å². The van der Waals surface area contributed by atoms with Crippen molar-refractivity contribution in [2.24, 2.45) is 0 Å². The predicted octanol–water partition coefficient (Wildman–Crippen LogP) is 4.50. The van der Waals surface area contributed by atoms with Crippen molar-refractivity contribution in [3.8, 4) is 0 Å². The van der Waals surface area contributed by atoms with Gasteiger partial charge in [0.15, 0.2) is 0 Å². The third-order valence-corrected chi connectivity index (χ3v) is 4.41. The minimum Gasteiger partial charge on any atom is -0.310 e. The smallest absolute Gasteiger partial charge is 0.0943 e. The molecule has 2 aromatic rings. The van der Waals surface area contributed by atoms with Gasteiger partial charge in [-0.3, -0.25) is 0 Å².